The van der Waals surface area contributed by atoms with Crippen LogP contribution in [0.25, 0.3) is 0 Å². The molecule has 1 saturated carbocycles. The Hall–Kier alpha value is -0.570. The van der Waals surface area contributed by atoms with E-state index in [9.17, 15) is 4.79 Å². The molecule has 1 aliphatic rings. The number of guanidine groups is 1. The largest absolute Gasteiger partial charge is 0.385 e. The lowest BCUT2D eigenvalue weighted by Crippen LogP contribution is -2.44. The summed E-state index contributed by atoms with van der Waals surface area (Å²) in [4.78, 5) is 16.0. The van der Waals surface area contributed by atoms with E-state index in [2.05, 4.69) is 15.6 Å². The molecule has 6 nitrogen and oxygen atoms in total. The molecule has 0 aromatic rings. The molecule has 0 bridgehead atoms. The first-order chi connectivity index (χ1) is 10.9. The number of hydrogen-bond acceptors (Lipinski definition) is 3. The third kappa shape index (κ3) is 7.55. The quantitative estimate of drug-likeness (QED) is 0.283. The van der Waals surface area contributed by atoms with Crippen LogP contribution in [0.2, 0.25) is 0 Å². The molecule has 0 radical (unpaired) electrons. The van der Waals surface area contributed by atoms with Crippen molar-refractivity contribution >= 4 is 35.8 Å². The Kier molecular flexibility index (Phi) is 10.9. The van der Waals surface area contributed by atoms with Crippen LogP contribution >= 0.6 is 24.0 Å². The zero-order valence-corrected chi connectivity index (χ0v) is 17.9. The Labute approximate surface area is 163 Å². The second-order valence-electron chi connectivity index (χ2n) is 7.25. The minimum absolute atomic E-state index is 0. The Morgan fingerprint density at radius 2 is 1.92 bits per heavy atom. The first-order valence-corrected chi connectivity index (χ1v) is 8.66. The summed E-state index contributed by atoms with van der Waals surface area (Å²) in [7, 11) is 1.76. The van der Waals surface area contributed by atoms with Gasteiger partial charge >= 0.3 is 0 Å². The minimum atomic E-state index is -0.635. The van der Waals surface area contributed by atoms with Crippen LogP contribution in [0.1, 0.15) is 52.9 Å². The summed E-state index contributed by atoms with van der Waals surface area (Å²) in [6, 6.07) is 0. The molecule has 1 aliphatic carbocycles. The van der Waals surface area contributed by atoms with Crippen molar-refractivity contribution in [3.8, 4) is 0 Å². The fraction of sp³-hybridized carbons (Fsp3) is 0.882. The van der Waals surface area contributed by atoms with Gasteiger partial charge in [0.25, 0.3) is 0 Å². The zero-order chi connectivity index (χ0) is 17.3. The molecular formula is C17H35IN4O2. The van der Waals surface area contributed by atoms with Crippen LogP contribution in [0.3, 0.4) is 0 Å². The van der Waals surface area contributed by atoms with E-state index in [-0.39, 0.29) is 29.9 Å². The molecule has 142 valence electrons. The smallest absolute Gasteiger partial charge is 0.224 e. The van der Waals surface area contributed by atoms with Crippen LogP contribution in [0.15, 0.2) is 4.99 Å². The van der Waals surface area contributed by atoms with Crippen LogP contribution in [-0.2, 0) is 9.53 Å². The highest BCUT2D eigenvalue weighted by Gasteiger charge is 2.33. The number of methoxy groups -OCH3 is 1. The van der Waals surface area contributed by atoms with Gasteiger partial charge in [-0.15, -0.1) is 24.0 Å². The van der Waals surface area contributed by atoms with E-state index in [0.717, 1.165) is 32.1 Å². The Morgan fingerprint density at radius 1 is 1.29 bits per heavy atom. The molecule has 0 atom stereocenters. The SMILES string of the molecule is CCNC(=NCC(C)(C)C(N)=O)NCC1(CCOC)CCCC1.I. The number of amides is 1. The van der Waals surface area contributed by atoms with Gasteiger partial charge in [0.05, 0.1) is 12.0 Å². The predicted molar refractivity (Wildman–Crippen MR) is 110 cm³/mol. The summed E-state index contributed by atoms with van der Waals surface area (Å²) in [5.41, 5.74) is 5.08. The first-order valence-electron chi connectivity index (χ1n) is 8.66. The number of ether oxygens (including phenoxy) is 1. The van der Waals surface area contributed by atoms with E-state index in [1.165, 1.54) is 25.7 Å². The van der Waals surface area contributed by atoms with Crippen molar-refractivity contribution in [2.75, 3.05) is 33.4 Å². The summed E-state index contributed by atoms with van der Waals surface area (Å²) in [6.07, 6.45) is 6.11. The molecule has 1 rings (SSSR count). The highest BCUT2D eigenvalue weighted by atomic mass is 127. The van der Waals surface area contributed by atoms with E-state index < -0.39 is 5.41 Å². The van der Waals surface area contributed by atoms with Gasteiger partial charge in [0, 0.05) is 26.8 Å². The predicted octanol–water partition coefficient (Wildman–Crippen LogP) is 2.27. The molecule has 0 heterocycles. The van der Waals surface area contributed by atoms with E-state index >= 15 is 0 Å². The molecule has 0 aliphatic heterocycles. The second-order valence-corrected chi connectivity index (χ2v) is 7.25. The Bertz CT molecular complexity index is 407. The van der Waals surface area contributed by atoms with Crippen molar-refractivity contribution in [2.24, 2.45) is 21.6 Å². The molecule has 7 heteroatoms. The normalized spacial score (nSPS) is 17.2. The number of carbonyl (C=O) groups excluding carboxylic acids is 1. The maximum absolute atomic E-state index is 11.4. The number of nitrogens with zero attached hydrogens (tertiary/aromatic N) is 1. The molecule has 24 heavy (non-hydrogen) atoms. The van der Waals surface area contributed by atoms with Crippen molar-refractivity contribution in [1.82, 2.24) is 10.6 Å². The molecule has 0 saturated heterocycles. The van der Waals surface area contributed by atoms with Gasteiger partial charge in [-0.2, -0.15) is 0 Å². The topological polar surface area (TPSA) is 88.7 Å². The van der Waals surface area contributed by atoms with E-state index in [1.54, 1.807) is 7.11 Å². The first kappa shape index (κ1) is 23.4. The van der Waals surface area contributed by atoms with Gasteiger partial charge in [0.1, 0.15) is 0 Å². The maximum Gasteiger partial charge on any atom is 0.224 e. The number of hydrogen-bond donors (Lipinski definition) is 3. The summed E-state index contributed by atoms with van der Waals surface area (Å²) in [6.45, 7) is 8.52. The van der Waals surface area contributed by atoms with Gasteiger partial charge in [-0.25, -0.2) is 0 Å². The van der Waals surface area contributed by atoms with Crippen LogP contribution in [0.4, 0.5) is 0 Å². The number of halogens is 1. The fourth-order valence-corrected chi connectivity index (χ4v) is 2.93. The number of carbonyl (C=O) groups is 1. The van der Waals surface area contributed by atoms with E-state index in [4.69, 9.17) is 10.5 Å². The summed E-state index contributed by atoms with van der Waals surface area (Å²) in [5.74, 6) is 0.426. The highest BCUT2D eigenvalue weighted by Crippen LogP contribution is 2.40. The monoisotopic (exact) mass is 454 g/mol. The van der Waals surface area contributed by atoms with Crippen molar-refractivity contribution in [3.63, 3.8) is 0 Å². The number of aliphatic imine (C=N–C) groups is 1. The van der Waals surface area contributed by atoms with Crippen molar-refractivity contribution in [3.05, 3.63) is 0 Å². The molecule has 0 aromatic carbocycles. The molecule has 0 aromatic heterocycles. The molecule has 1 amide bonds. The van der Waals surface area contributed by atoms with Gasteiger partial charge in [-0.1, -0.05) is 12.8 Å². The summed E-state index contributed by atoms with van der Waals surface area (Å²) < 4.78 is 5.28. The fourth-order valence-electron chi connectivity index (χ4n) is 2.93. The van der Waals surface area contributed by atoms with Crippen LogP contribution in [-0.4, -0.2) is 45.2 Å². The van der Waals surface area contributed by atoms with Gasteiger partial charge in [-0.3, -0.25) is 9.79 Å². The third-order valence-corrected chi connectivity index (χ3v) is 4.78. The average molecular weight is 454 g/mol. The zero-order valence-electron chi connectivity index (χ0n) is 15.6. The van der Waals surface area contributed by atoms with Gasteiger partial charge in [-0.05, 0) is 45.4 Å². The van der Waals surface area contributed by atoms with Crippen molar-refractivity contribution < 1.29 is 9.53 Å². The summed E-state index contributed by atoms with van der Waals surface area (Å²) >= 11 is 0. The summed E-state index contributed by atoms with van der Waals surface area (Å²) in [5, 5.41) is 6.70. The van der Waals surface area contributed by atoms with Crippen LogP contribution in [0.5, 0.6) is 0 Å². The molecule has 0 unspecified atom stereocenters. The molecule has 4 N–H and O–H groups in total. The lowest BCUT2D eigenvalue weighted by atomic mass is 9.83. The third-order valence-electron chi connectivity index (χ3n) is 4.78. The molecule has 0 spiro atoms. The number of primary amides is 1. The number of nitrogens with two attached hydrogens (primary N) is 1. The van der Waals surface area contributed by atoms with Gasteiger partial charge in [0.2, 0.25) is 5.91 Å². The highest BCUT2D eigenvalue weighted by molar-refractivity contribution is 14.0. The van der Waals surface area contributed by atoms with Crippen LogP contribution in [0, 0.1) is 10.8 Å². The minimum Gasteiger partial charge on any atom is -0.385 e. The lowest BCUT2D eigenvalue weighted by molar-refractivity contribution is -0.125. The lowest BCUT2D eigenvalue weighted by Gasteiger charge is -2.30. The number of rotatable bonds is 9. The van der Waals surface area contributed by atoms with Crippen molar-refractivity contribution in [2.45, 2.75) is 52.9 Å². The van der Waals surface area contributed by atoms with Gasteiger partial charge < -0.3 is 21.1 Å². The van der Waals surface area contributed by atoms with E-state index in [1.807, 2.05) is 20.8 Å². The molecule has 1 fully saturated rings. The average Bonchev–Trinajstić information content (AvgIpc) is 2.97. The second kappa shape index (κ2) is 11.1. The molecular weight excluding hydrogens is 419 g/mol. The van der Waals surface area contributed by atoms with E-state index in [0.29, 0.717) is 12.0 Å². The van der Waals surface area contributed by atoms with Gasteiger partial charge in [0.15, 0.2) is 5.96 Å². The number of nitrogens with one attached hydrogen (secondary N) is 2. The Morgan fingerprint density at radius 3 is 2.42 bits per heavy atom. The Balaban J connectivity index is 0.00000529. The maximum atomic E-state index is 11.4. The standard InChI is InChI=1S/C17H34N4O2.HI/c1-5-19-15(20-12-16(2,3)14(18)22)21-13-17(10-11-23-4)8-6-7-9-17;/h5-13H2,1-4H3,(H2,18,22)(H2,19,20,21);1H. The van der Waals surface area contributed by atoms with Crippen molar-refractivity contribution in [1.29, 1.82) is 0 Å². The van der Waals surface area contributed by atoms with Crippen LogP contribution < -0.4 is 16.4 Å².